The predicted octanol–water partition coefficient (Wildman–Crippen LogP) is 2.58. The molecule has 1 heterocycles. The standard InChI is InChI=1S/C15H14N2O2S/c18-20(19,14-7-2-1-3-8-14)16-12-17-11-10-13-6-4-5-9-15(13)17/h1-11,16H,12H2. The zero-order valence-corrected chi connectivity index (χ0v) is 11.5. The van der Waals surface area contributed by atoms with Gasteiger partial charge in [0.05, 0.1) is 11.6 Å². The van der Waals surface area contributed by atoms with Crippen LogP contribution in [0.1, 0.15) is 0 Å². The quantitative estimate of drug-likeness (QED) is 0.801. The lowest BCUT2D eigenvalue weighted by atomic mass is 10.2. The van der Waals surface area contributed by atoms with Crippen LogP contribution in [-0.2, 0) is 16.7 Å². The number of hydrogen-bond acceptors (Lipinski definition) is 2. The van der Waals surface area contributed by atoms with E-state index < -0.39 is 10.0 Å². The first-order valence-corrected chi connectivity index (χ1v) is 7.74. The van der Waals surface area contributed by atoms with Crippen LogP contribution < -0.4 is 4.72 Å². The van der Waals surface area contributed by atoms with Crippen LogP contribution >= 0.6 is 0 Å². The molecule has 0 spiro atoms. The second-order valence-electron chi connectivity index (χ2n) is 4.46. The highest BCUT2D eigenvalue weighted by molar-refractivity contribution is 7.89. The van der Waals surface area contributed by atoms with E-state index in [-0.39, 0.29) is 11.6 Å². The third-order valence-corrected chi connectivity index (χ3v) is 4.56. The van der Waals surface area contributed by atoms with Gasteiger partial charge in [-0.25, -0.2) is 8.42 Å². The topological polar surface area (TPSA) is 51.1 Å². The Labute approximate surface area is 117 Å². The molecule has 0 amide bonds. The van der Waals surface area contributed by atoms with Crippen molar-refractivity contribution in [1.29, 1.82) is 0 Å². The summed E-state index contributed by atoms with van der Waals surface area (Å²) in [6.45, 7) is 0.213. The van der Waals surface area contributed by atoms with Gasteiger partial charge in [0, 0.05) is 11.7 Å². The van der Waals surface area contributed by atoms with E-state index in [2.05, 4.69) is 4.72 Å². The van der Waals surface area contributed by atoms with Gasteiger partial charge in [-0.3, -0.25) is 0 Å². The minimum absolute atomic E-state index is 0.213. The van der Waals surface area contributed by atoms with Crippen molar-refractivity contribution < 1.29 is 8.42 Å². The zero-order valence-electron chi connectivity index (χ0n) is 10.7. The van der Waals surface area contributed by atoms with E-state index in [0.717, 1.165) is 10.9 Å². The highest BCUT2D eigenvalue weighted by atomic mass is 32.2. The van der Waals surface area contributed by atoms with Crippen molar-refractivity contribution in [2.24, 2.45) is 0 Å². The van der Waals surface area contributed by atoms with Crippen molar-refractivity contribution in [2.75, 3.05) is 0 Å². The highest BCUT2D eigenvalue weighted by Gasteiger charge is 2.12. The summed E-state index contributed by atoms with van der Waals surface area (Å²) in [5.74, 6) is 0. The van der Waals surface area contributed by atoms with Crippen molar-refractivity contribution in [3.63, 3.8) is 0 Å². The maximum atomic E-state index is 12.1. The number of aromatic nitrogens is 1. The van der Waals surface area contributed by atoms with Crippen LogP contribution in [0.2, 0.25) is 0 Å². The third kappa shape index (κ3) is 2.45. The fraction of sp³-hybridized carbons (Fsp3) is 0.0667. The minimum atomic E-state index is -3.48. The number of hydrogen-bond donors (Lipinski definition) is 1. The number of nitrogens with zero attached hydrogens (tertiary/aromatic N) is 1. The largest absolute Gasteiger partial charge is 0.333 e. The van der Waals surface area contributed by atoms with Crippen LogP contribution in [0.5, 0.6) is 0 Å². The molecule has 0 radical (unpaired) electrons. The van der Waals surface area contributed by atoms with Gasteiger partial charge in [-0.15, -0.1) is 0 Å². The molecule has 2 aromatic carbocycles. The SMILES string of the molecule is O=S(=O)(NCn1ccc2ccccc21)c1ccccc1. The molecule has 1 aromatic heterocycles. The molecule has 102 valence electrons. The Hall–Kier alpha value is -2.11. The normalized spacial score (nSPS) is 11.8. The average molecular weight is 286 g/mol. The molecule has 5 heteroatoms. The summed E-state index contributed by atoms with van der Waals surface area (Å²) >= 11 is 0. The Kier molecular flexibility index (Phi) is 3.30. The Morgan fingerprint density at radius 1 is 0.900 bits per heavy atom. The number of para-hydroxylation sites is 1. The van der Waals surface area contributed by atoms with Gasteiger partial charge in [-0.05, 0) is 29.7 Å². The molecule has 0 fully saturated rings. The molecule has 1 N–H and O–H groups in total. The van der Waals surface area contributed by atoms with Crippen LogP contribution in [0, 0.1) is 0 Å². The average Bonchev–Trinajstić information content (AvgIpc) is 2.89. The lowest BCUT2D eigenvalue weighted by molar-refractivity contribution is 0.566. The maximum Gasteiger partial charge on any atom is 0.242 e. The van der Waals surface area contributed by atoms with Gasteiger partial charge in [0.2, 0.25) is 10.0 Å². The Morgan fingerprint density at radius 3 is 2.40 bits per heavy atom. The maximum absolute atomic E-state index is 12.1. The summed E-state index contributed by atoms with van der Waals surface area (Å²) in [6.07, 6.45) is 1.87. The van der Waals surface area contributed by atoms with Gasteiger partial charge >= 0.3 is 0 Å². The molecule has 3 rings (SSSR count). The smallest absolute Gasteiger partial charge is 0.242 e. The summed E-state index contributed by atoms with van der Waals surface area (Å²) in [5, 5.41) is 1.09. The van der Waals surface area contributed by atoms with Gasteiger partial charge in [0.15, 0.2) is 0 Å². The van der Waals surface area contributed by atoms with Crippen molar-refractivity contribution in [1.82, 2.24) is 9.29 Å². The van der Waals surface area contributed by atoms with Crippen LogP contribution in [0.3, 0.4) is 0 Å². The van der Waals surface area contributed by atoms with Crippen molar-refractivity contribution in [3.05, 3.63) is 66.9 Å². The first-order chi connectivity index (χ1) is 9.67. The van der Waals surface area contributed by atoms with Crippen molar-refractivity contribution in [3.8, 4) is 0 Å². The molecule has 4 nitrogen and oxygen atoms in total. The van der Waals surface area contributed by atoms with Crippen molar-refractivity contribution in [2.45, 2.75) is 11.6 Å². The predicted molar refractivity (Wildman–Crippen MR) is 78.7 cm³/mol. The summed E-state index contributed by atoms with van der Waals surface area (Å²) in [4.78, 5) is 0.275. The molecule has 0 saturated heterocycles. The number of rotatable bonds is 4. The second kappa shape index (κ2) is 5.11. The molecule has 0 bridgehead atoms. The summed E-state index contributed by atoms with van der Waals surface area (Å²) < 4.78 is 28.8. The molecule has 0 aliphatic carbocycles. The Bertz CT molecular complexity index is 823. The Balaban J connectivity index is 1.83. The molecular formula is C15H14N2O2S. The summed E-state index contributed by atoms with van der Waals surface area (Å²) in [5.41, 5.74) is 1.00. The zero-order chi connectivity index (χ0) is 14.0. The molecule has 3 aromatic rings. The van der Waals surface area contributed by atoms with Gasteiger partial charge in [-0.2, -0.15) is 4.72 Å². The van der Waals surface area contributed by atoms with E-state index in [9.17, 15) is 8.42 Å². The van der Waals surface area contributed by atoms with E-state index in [1.165, 1.54) is 0 Å². The third-order valence-electron chi connectivity index (χ3n) is 3.16. The first-order valence-electron chi connectivity index (χ1n) is 6.25. The van der Waals surface area contributed by atoms with E-state index in [1.807, 2.05) is 41.1 Å². The number of nitrogens with one attached hydrogen (secondary N) is 1. The van der Waals surface area contributed by atoms with E-state index in [1.54, 1.807) is 30.3 Å². The van der Waals surface area contributed by atoms with Crippen LogP contribution in [0.15, 0.2) is 71.8 Å². The Morgan fingerprint density at radius 2 is 1.60 bits per heavy atom. The molecule has 0 unspecified atom stereocenters. The van der Waals surface area contributed by atoms with Gasteiger partial charge in [0.1, 0.15) is 0 Å². The molecule has 0 atom stereocenters. The van der Waals surface area contributed by atoms with E-state index in [4.69, 9.17) is 0 Å². The lowest BCUT2D eigenvalue weighted by Gasteiger charge is -2.08. The van der Waals surface area contributed by atoms with Crippen LogP contribution in [0.4, 0.5) is 0 Å². The molecule has 0 aliphatic rings. The molecule has 20 heavy (non-hydrogen) atoms. The first kappa shape index (κ1) is 12.9. The highest BCUT2D eigenvalue weighted by Crippen LogP contribution is 2.15. The monoisotopic (exact) mass is 286 g/mol. The second-order valence-corrected chi connectivity index (χ2v) is 6.23. The molecule has 0 aliphatic heterocycles. The summed E-state index contributed by atoms with van der Waals surface area (Å²) in [6, 6.07) is 18.2. The van der Waals surface area contributed by atoms with Crippen molar-refractivity contribution >= 4 is 20.9 Å². The van der Waals surface area contributed by atoms with Crippen LogP contribution in [-0.4, -0.2) is 13.0 Å². The molecule has 0 saturated carbocycles. The van der Waals surface area contributed by atoms with E-state index in [0.29, 0.717) is 0 Å². The lowest BCUT2D eigenvalue weighted by Crippen LogP contribution is -2.26. The fourth-order valence-electron chi connectivity index (χ4n) is 2.12. The number of sulfonamides is 1. The molecular weight excluding hydrogens is 272 g/mol. The summed E-state index contributed by atoms with van der Waals surface area (Å²) in [7, 11) is -3.48. The minimum Gasteiger partial charge on any atom is -0.333 e. The number of fused-ring (bicyclic) bond motifs is 1. The van der Waals surface area contributed by atoms with Gasteiger partial charge < -0.3 is 4.57 Å². The fourth-order valence-corrected chi connectivity index (χ4v) is 3.11. The van der Waals surface area contributed by atoms with E-state index >= 15 is 0 Å². The number of benzene rings is 2. The van der Waals surface area contributed by atoms with Crippen LogP contribution in [0.25, 0.3) is 10.9 Å². The van der Waals surface area contributed by atoms with Gasteiger partial charge in [0.25, 0.3) is 0 Å². The van der Waals surface area contributed by atoms with Gasteiger partial charge in [-0.1, -0.05) is 36.4 Å².